The van der Waals surface area contributed by atoms with E-state index in [4.69, 9.17) is 9.47 Å². The number of para-hydroxylation sites is 1. The van der Waals surface area contributed by atoms with Gasteiger partial charge in [-0.1, -0.05) is 18.2 Å². The van der Waals surface area contributed by atoms with Crippen LogP contribution in [0, 0.1) is 10.1 Å². The van der Waals surface area contributed by atoms with E-state index in [1.807, 2.05) is 6.07 Å². The van der Waals surface area contributed by atoms with Crippen molar-refractivity contribution >= 4 is 62.8 Å². The predicted octanol–water partition coefficient (Wildman–Crippen LogP) is 4.44. The van der Waals surface area contributed by atoms with Crippen LogP contribution in [0.1, 0.15) is 12.5 Å². The first-order chi connectivity index (χ1) is 19.2. The molecule has 0 radical (unpaired) electrons. The topological polar surface area (TPSA) is 157 Å². The van der Waals surface area contributed by atoms with Crippen LogP contribution in [0.2, 0.25) is 0 Å². The number of amides is 5. The van der Waals surface area contributed by atoms with Gasteiger partial charge >= 0.3 is 6.03 Å². The fourth-order valence-corrected chi connectivity index (χ4v) is 4.29. The number of halogens is 1. The third kappa shape index (κ3) is 6.32. The number of urea groups is 1. The number of ether oxygens (including phenoxy) is 2. The van der Waals surface area contributed by atoms with Crippen molar-refractivity contribution in [2.75, 3.05) is 23.4 Å². The Morgan fingerprint density at radius 3 is 2.42 bits per heavy atom. The number of anilines is 2. The van der Waals surface area contributed by atoms with E-state index in [0.717, 1.165) is 12.1 Å². The number of hydrogen-bond donors (Lipinski definition) is 2. The number of nitrogens with one attached hydrogen (secondary N) is 2. The Kier molecular flexibility index (Phi) is 8.54. The third-order valence-corrected chi connectivity index (χ3v) is 6.06. The fraction of sp³-hybridized carbons (Fsp3) is 0.111. The number of nitro benzene ring substituents is 1. The molecule has 0 bridgehead atoms. The number of hydrogen-bond acceptors (Lipinski definition) is 8. The summed E-state index contributed by atoms with van der Waals surface area (Å²) in [5, 5.41) is 15.7. The van der Waals surface area contributed by atoms with Crippen molar-refractivity contribution in [3.8, 4) is 11.5 Å². The van der Waals surface area contributed by atoms with Crippen LogP contribution in [0.4, 0.5) is 21.9 Å². The Balaban J connectivity index is 1.59. The van der Waals surface area contributed by atoms with E-state index in [0.29, 0.717) is 20.6 Å². The van der Waals surface area contributed by atoms with Crippen LogP contribution in [-0.4, -0.2) is 41.9 Å². The van der Waals surface area contributed by atoms with E-state index in [1.54, 1.807) is 37.3 Å². The van der Waals surface area contributed by atoms with Gasteiger partial charge < -0.3 is 14.8 Å². The van der Waals surface area contributed by atoms with Gasteiger partial charge in [-0.2, -0.15) is 0 Å². The molecule has 2 N–H and O–H groups in total. The lowest BCUT2D eigenvalue weighted by molar-refractivity contribution is -0.384. The molecule has 204 valence electrons. The smallest absolute Gasteiger partial charge is 0.335 e. The van der Waals surface area contributed by atoms with Crippen molar-refractivity contribution in [3.05, 3.63) is 92.5 Å². The molecule has 3 aromatic rings. The SMILES string of the molecule is CCOc1cc(/C=C2\C(=O)NC(=O)N(c3ccc([N+](=O)[O-])cc3)C2=O)cc(Br)c1OCC(=O)Nc1ccccc1. The lowest BCUT2D eigenvalue weighted by atomic mass is 10.1. The Bertz CT molecular complexity index is 1520. The van der Waals surface area contributed by atoms with Crippen molar-refractivity contribution in [1.29, 1.82) is 0 Å². The molecule has 1 heterocycles. The molecule has 5 amide bonds. The number of non-ortho nitro benzene ring substituents is 1. The number of nitrogens with zero attached hydrogens (tertiary/aromatic N) is 2. The van der Waals surface area contributed by atoms with Crippen LogP contribution < -0.4 is 25.0 Å². The van der Waals surface area contributed by atoms with Crippen molar-refractivity contribution < 1.29 is 33.6 Å². The monoisotopic (exact) mass is 608 g/mol. The van der Waals surface area contributed by atoms with E-state index in [9.17, 15) is 29.3 Å². The highest BCUT2D eigenvalue weighted by Gasteiger charge is 2.37. The van der Waals surface area contributed by atoms with Crippen LogP contribution in [0.5, 0.6) is 11.5 Å². The molecule has 0 aliphatic carbocycles. The second-order valence-corrected chi connectivity index (χ2v) is 9.05. The van der Waals surface area contributed by atoms with E-state index < -0.39 is 28.7 Å². The van der Waals surface area contributed by atoms with Crippen LogP contribution >= 0.6 is 15.9 Å². The number of barbiturate groups is 1. The van der Waals surface area contributed by atoms with Gasteiger partial charge in [0.15, 0.2) is 18.1 Å². The molecule has 1 aliphatic heterocycles. The Morgan fingerprint density at radius 1 is 1.07 bits per heavy atom. The summed E-state index contributed by atoms with van der Waals surface area (Å²) in [6, 6.07) is 15.7. The molecule has 0 aromatic heterocycles. The van der Waals surface area contributed by atoms with Gasteiger partial charge in [0, 0.05) is 17.8 Å². The highest BCUT2D eigenvalue weighted by molar-refractivity contribution is 9.10. The van der Waals surface area contributed by atoms with Crippen molar-refractivity contribution in [2.24, 2.45) is 0 Å². The van der Waals surface area contributed by atoms with Gasteiger partial charge in [0.1, 0.15) is 5.57 Å². The lowest BCUT2D eigenvalue weighted by Crippen LogP contribution is -2.54. The molecule has 0 spiro atoms. The molecule has 40 heavy (non-hydrogen) atoms. The number of benzene rings is 3. The van der Waals surface area contributed by atoms with Gasteiger partial charge in [-0.25, -0.2) is 9.69 Å². The van der Waals surface area contributed by atoms with Gasteiger partial charge in [-0.15, -0.1) is 0 Å². The van der Waals surface area contributed by atoms with Crippen LogP contribution in [0.25, 0.3) is 6.08 Å². The van der Waals surface area contributed by atoms with E-state index in [2.05, 4.69) is 26.6 Å². The third-order valence-electron chi connectivity index (χ3n) is 5.47. The fourth-order valence-electron chi connectivity index (χ4n) is 3.71. The summed E-state index contributed by atoms with van der Waals surface area (Å²) in [5.41, 5.74) is 0.420. The molecular weight excluding hydrogens is 588 g/mol. The molecular formula is C27H21BrN4O8. The summed E-state index contributed by atoms with van der Waals surface area (Å²) < 4.78 is 11.8. The van der Waals surface area contributed by atoms with Crippen LogP contribution in [0.3, 0.4) is 0 Å². The first kappa shape index (κ1) is 28.0. The minimum Gasteiger partial charge on any atom is -0.490 e. The van der Waals surface area contributed by atoms with Gasteiger partial charge in [0.25, 0.3) is 23.4 Å². The summed E-state index contributed by atoms with van der Waals surface area (Å²) in [5.74, 6) is -1.76. The summed E-state index contributed by atoms with van der Waals surface area (Å²) >= 11 is 3.39. The zero-order valence-electron chi connectivity index (χ0n) is 20.9. The maximum absolute atomic E-state index is 13.2. The molecule has 13 heteroatoms. The highest BCUT2D eigenvalue weighted by Crippen LogP contribution is 2.38. The molecule has 0 unspecified atom stereocenters. The molecule has 3 aromatic carbocycles. The normalized spacial score (nSPS) is 14.1. The summed E-state index contributed by atoms with van der Waals surface area (Å²) in [7, 11) is 0. The number of nitro groups is 1. The average molecular weight is 609 g/mol. The van der Waals surface area contributed by atoms with Gasteiger partial charge in [0.05, 0.1) is 21.7 Å². The minimum atomic E-state index is -0.991. The summed E-state index contributed by atoms with van der Waals surface area (Å²) in [6.45, 7) is 1.68. The molecule has 0 atom stereocenters. The number of carbonyl (C=O) groups is 4. The van der Waals surface area contributed by atoms with E-state index in [-0.39, 0.29) is 41.7 Å². The highest BCUT2D eigenvalue weighted by atomic mass is 79.9. The summed E-state index contributed by atoms with van der Waals surface area (Å²) in [4.78, 5) is 61.6. The molecule has 1 saturated heterocycles. The molecule has 1 fully saturated rings. The second-order valence-electron chi connectivity index (χ2n) is 8.20. The summed E-state index contributed by atoms with van der Waals surface area (Å²) in [6.07, 6.45) is 1.27. The van der Waals surface area contributed by atoms with Crippen LogP contribution in [-0.2, 0) is 14.4 Å². The molecule has 1 aliphatic rings. The predicted molar refractivity (Wildman–Crippen MR) is 148 cm³/mol. The lowest BCUT2D eigenvalue weighted by Gasteiger charge is -2.26. The first-order valence-corrected chi connectivity index (χ1v) is 12.6. The number of imide groups is 2. The number of rotatable bonds is 9. The van der Waals surface area contributed by atoms with Crippen LogP contribution in [0.15, 0.2) is 76.8 Å². The first-order valence-electron chi connectivity index (χ1n) is 11.8. The quantitative estimate of drug-likeness (QED) is 0.156. The average Bonchev–Trinajstić information content (AvgIpc) is 2.91. The van der Waals surface area contributed by atoms with Crippen molar-refractivity contribution in [3.63, 3.8) is 0 Å². The van der Waals surface area contributed by atoms with Gasteiger partial charge in [-0.3, -0.25) is 29.8 Å². The second kappa shape index (κ2) is 12.2. The Labute approximate surface area is 235 Å². The number of carbonyl (C=O) groups excluding carboxylic acids is 4. The Morgan fingerprint density at radius 2 is 1.77 bits per heavy atom. The maximum Gasteiger partial charge on any atom is 0.335 e. The largest absolute Gasteiger partial charge is 0.490 e. The minimum absolute atomic E-state index is 0.0419. The van der Waals surface area contributed by atoms with Crippen molar-refractivity contribution in [1.82, 2.24) is 5.32 Å². The van der Waals surface area contributed by atoms with E-state index >= 15 is 0 Å². The van der Waals surface area contributed by atoms with E-state index in [1.165, 1.54) is 24.3 Å². The van der Waals surface area contributed by atoms with Gasteiger partial charge in [-0.05, 0) is 70.9 Å². The molecule has 12 nitrogen and oxygen atoms in total. The Hall–Kier alpha value is -5.04. The maximum atomic E-state index is 13.2. The van der Waals surface area contributed by atoms with Gasteiger partial charge in [0.2, 0.25) is 0 Å². The zero-order chi connectivity index (χ0) is 28.8. The standard InChI is InChI=1S/C27H21BrN4O8/c1-2-39-22-14-16(13-21(28)24(22)40-15-23(33)29-17-6-4-3-5-7-17)12-20-25(34)30-27(36)31(26(20)35)18-8-10-19(11-9-18)32(37)38/h3-14H,2,15H2,1H3,(H,29,33)(H,30,34,36)/b20-12+. The zero-order valence-corrected chi connectivity index (χ0v) is 22.5. The van der Waals surface area contributed by atoms with Crippen molar-refractivity contribution in [2.45, 2.75) is 6.92 Å². The molecule has 0 saturated carbocycles. The molecule has 4 rings (SSSR count).